The van der Waals surface area contributed by atoms with Gasteiger partial charge in [0, 0.05) is 17.6 Å². The maximum atomic E-state index is 13.2. The molecule has 1 saturated carbocycles. The van der Waals surface area contributed by atoms with Crippen LogP contribution in [0.1, 0.15) is 41.6 Å². The molecule has 9 nitrogen and oxygen atoms in total. The molecule has 0 atom stereocenters. The van der Waals surface area contributed by atoms with E-state index in [9.17, 15) is 18.0 Å². The SMILES string of the molecule is N=C(NC(=O)c1cc(Br)ccc1OCC(=O)O)C1(c2ccccc2)CCN(S(=O)(=O)C2CC2)CC1. The van der Waals surface area contributed by atoms with Crippen LogP contribution >= 0.6 is 15.9 Å². The Labute approximate surface area is 212 Å². The second-order valence-electron chi connectivity index (χ2n) is 8.74. The van der Waals surface area contributed by atoms with Crippen LogP contribution < -0.4 is 10.1 Å². The number of hydrogen-bond donors (Lipinski definition) is 3. The second kappa shape index (κ2) is 10.1. The van der Waals surface area contributed by atoms with Crippen LogP contribution in [0.5, 0.6) is 5.75 Å². The molecule has 2 aromatic rings. The summed E-state index contributed by atoms with van der Waals surface area (Å²) in [6, 6.07) is 13.9. The average Bonchev–Trinajstić information content (AvgIpc) is 3.70. The molecule has 0 radical (unpaired) electrons. The highest BCUT2D eigenvalue weighted by Crippen LogP contribution is 2.40. The number of nitrogens with zero attached hydrogens (tertiary/aromatic N) is 1. The number of carbonyl (C=O) groups is 2. The van der Waals surface area contributed by atoms with Gasteiger partial charge in [0.1, 0.15) is 11.6 Å². The monoisotopic (exact) mass is 563 g/mol. The van der Waals surface area contributed by atoms with Crippen LogP contribution in [0.2, 0.25) is 0 Å². The van der Waals surface area contributed by atoms with E-state index in [0.717, 1.165) is 5.56 Å². The summed E-state index contributed by atoms with van der Waals surface area (Å²) in [6.45, 7) is -0.0930. The van der Waals surface area contributed by atoms with Gasteiger partial charge in [-0.2, -0.15) is 0 Å². The number of aliphatic carboxylic acids is 1. The zero-order valence-corrected chi connectivity index (χ0v) is 21.3. The average molecular weight is 564 g/mol. The Kier molecular flexibility index (Phi) is 7.30. The van der Waals surface area contributed by atoms with Gasteiger partial charge in [-0.1, -0.05) is 46.3 Å². The Bertz CT molecular complexity index is 1240. The van der Waals surface area contributed by atoms with Crippen molar-refractivity contribution in [3.8, 4) is 5.75 Å². The summed E-state index contributed by atoms with van der Waals surface area (Å²) in [4.78, 5) is 24.1. The zero-order chi connectivity index (χ0) is 25.2. The summed E-state index contributed by atoms with van der Waals surface area (Å²) >= 11 is 3.31. The number of benzene rings is 2. The summed E-state index contributed by atoms with van der Waals surface area (Å²) in [7, 11) is -3.33. The first-order chi connectivity index (χ1) is 16.6. The van der Waals surface area contributed by atoms with E-state index in [-0.39, 0.29) is 35.5 Å². The number of amides is 1. The number of carbonyl (C=O) groups excluding carboxylic acids is 1. The number of ether oxygens (including phenoxy) is 1. The first kappa shape index (κ1) is 25.3. The fourth-order valence-corrected chi connectivity index (χ4v) is 6.59. The second-order valence-corrected chi connectivity index (χ2v) is 11.9. The molecule has 3 N–H and O–H groups in total. The van der Waals surface area contributed by atoms with Crippen molar-refractivity contribution in [1.82, 2.24) is 9.62 Å². The molecular formula is C24H26BrN3O6S. The molecule has 4 rings (SSSR count). The van der Waals surface area contributed by atoms with Crippen LogP contribution in [0, 0.1) is 5.41 Å². The molecule has 2 aliphatic rings. The molecule has 0 aromatic heterocycles. The van der Waals surface area contributed by atoms with E-state index in [2.05, 4.69) is 21.2 Å². The Morgan fingerprint density at radius 3 is 2.40 bits per heavy atom. The van der Waals surface area contributed by atoms with Crippen molar-refractivity contribution in [2.45, 2.75) is 36.3 Å². The van der Waals surface area contributed by atoms with E-state index >= 15 is 0 Å². The highest BCUT2D eigenvalue weighted by molar-refractivity contribution is 9.10. The predicted octanol–water partition coefficient (Wildman–Crippen LogP) is 3.15. The van der Waals surface area contributed by atoms with E-state index in [1.165, 1.54) is 16.4 Å². The third-order valence-corrected chi connectivity index (χ3v) is 9.35. The van der Waals surface area contributed by atoms with Crippen molar-refractivity contribution in [1.29, 1.82) is 5.41 Å². The van der Waals surface area contributed by atoms with Crippen molar-refractivity contribution in [3.63, 3.8) is 0 Å². The Hall–Kier alpha value is -2.76. The number of amidine groups is 1. The Morgan fingerprint density at radius 1 is 1.14 bits per heavy atom. The van der Waals surface area contributed by atoms with E-state index in [4.69, 9.17) is 15.3 Å². The third-order valence-electron chi connectivity index (χ3n) is 6.46. The summed E-state index contributed by atoms with van der Waals surface area (Å²) in [5, 5.41) is 20.2. The largest absolute Gasteiger partial charge is 0.481 e. The van der Waals surface area contributed by atoms with Crippen LogP contribution in [0.25, 0.3) is 0 Å². The fraction of sp³-hybridized carbons (Fsp3) is 0.375. The number of rotatable bonds is 8. The van der Waals surface area contributed by atoms with Crippen LogP contribution in [0.15, 0.2) is 53.0 Å². The quantitative estimate of drug-likeness (QED) is 0.333. The summed E-state index contributed by atoms with van der Waals surface area (Å²) in [5.74, 6) is -1.75. The third kappa shape index (κ3) is 5.41. The lowest BCUT2D eigenvalue weighted by Crippen LogP contribution is -2.54. The molecular weight excluding hydrogens is 538 g/mol. The van der Waals surface area contributed by atoms with E-state index in [0.29, 0.717) is 30.2 Å². The molecule has 0 bridgehead atoms. The van der Waals surface area contributed by atoms with Gasteiger partial charge < -0.3 is 15.2 Å². The van der Waals surface area contributed by atoms with Gasteiger partial charge in [-0.25, -0.2) is 17.5 Å². The number of carboxylic acid groups (broad SMARTS) is 1. The molecule has 1 saturated heterocycles. The van der Waals surface area contributed by atoms with Crippen molar-refractivity contribution in [2.75, 3.05) is 19.7 Å². The molecule has 1 heterocycles. The lowest BCUT2D eigenvalue weighted by atomic mass is 9.72. The number of piperidine rings is 1. The molecule has 1 aliphatic carbocycles. The van der Waals surface area contributed by atoms with Crippen LogP contribution in [-0.4, -0.2) is 60.5 Å². The number of carboxylic acids is 1. The van der Waals surface area contributed by atoms with Gasteiger partial charge in [0.05, 0.1) is 16.2 Å². The van der Waals surface area contributed by atoms with E-state index in [1.54, 1.807) is 6.07 Å². The molecule has 1 aliphatic heterocycles. The van der Waals surface area contributed by atoms with Crippen molar-refractivity contribution < 1.29 is 27.9 Å². The molecule has 2 fully saturated rings. The van der Waals surface area contributed by atoms with Gasteiger partial charge in [-0.3, -0.25) is 10.2 Å². The maximum Gasteiger partial charge on any atom is 0.341 e. The van der Waals surface area contributed by atoms with Gasteiger partial charge >= 0.3 is 5.97 Å². The molecule has 2 aromatic carbocycles. The van der Waals surface area contributed by atoms with Gasteiger partial charge in [-0.15, -0.1) is 0 Å². The molecule has 0 unspecified atom stereocenters. The molecule has 11 heteroatoms. The molecule has 186 valence electrons. The standard InChI is InChI=1S/C24H26BrN3O6S/c25-17-6-9-20(34-15-21(29)30)19(14-17)22(31)27-23(26)24(16-4-2-1-3-5-16)10-12-28(13-11-24)35(32,33)18-7-8-18/h1-6,9,14,18H,7-8,10-13,15H2,(H,29,30)(H2,26,27,31). The Morgan fingerprint density at radius 2 is 1.80 bits per heavy atom. The minimum atomic E-state index is -3.33. The van der Waals surface area contributed by atoms with Crippen molar-refractivity contribution in [3.05, 3.63) is 64.1 Å². The minimum Gasteiger partial charge on any atom is -0.481 e. The molecule has 1 amide bonds. The number of nitrogens with one attached hydrogen (secondary N) is 2. The van der Waals surface area contributed by atoms with E-state index in [1.807, 2.05) is 30.3 Å². The number of sulfonamides is 1. The zero-order valence-electron chi connectivity index (χ0n) is 18.9. The first-order valence-electron chi connectivity index (χ1n) is 11.2. The lowest BCUT2D eigenvalue weighted by Gasteiger charge is -2.42. The maximum absolute atomic E-state index is 13.2. The summed E-state index contributed by atoms with van der Waals surface area (Å²) in [6.07, 6.45) is 2.08. The number of halogens is 1. The first-order valence-corrected chi connectivity index (χ1v) is 13.5. The lowest BCUT2D eigenvalue weighted by molar-refractivity contribution is -0.139. The minimum absolute atomic E-state index is 0.0404. The van der Waals surface area contributed by atoms with E-state index < -0.39 is 33.9 Å². The van der Waals surface area contributed by atoms with Gasteiger partial charge in [0.25, 0.3) is 5.91 Å². The van der Waals surface area contributed by atoms with Gasteiger partial charge in [0.15, 0.2) is 6.61 Å². The summed E-state index contributed by atoms with van der Waals surface area (Å²) < 4.78 is 32.9. The summed E-state index contributed by atoms with van der Waals surface area (Å²) in [5.41, 5.74) is 0.0355. The van der Waals surface area contributed by atoms with Gasteiger partial charge in [0.2, 0.25) is 10.0 Å². The highest BCUT2D eigenvalue weighted by atomic mass is 79.9. The van der Waals surface area contributed by atoms with Gasteiger partial charge in [-0.05, 0) is 49.4 Å². The Balaban J connectivity index is 1.58. The molecule has 0 spiro atoms. The number of hydrogen-bond acceptors (Lipinski definition) is 6. The molecule has 35 heavy (non-hydrogen) atoms. The van der Waals surface area contributed by atoms with Crippen LogP contribution in [-0.2, 0) is 20.2 Å². The fourth-order valence-electron chi connectivity index (χ4n) is 4.38. The van der Waals surface area contributed by atoms with Crippen LogP contribution in [0.3, 0.4) is 0 Å². The topological polar surface area (TPSA) is 137 Å². The van der Waals surface area contributed by atoms with Crippen molar-refractivity contribution >= 4 is 43.7 Å². The predicted molar refractivity (Wildman–Crippen MR) is 133 cm³/mol. The normalized spacial score (nSPS) is 18.0. The smallest absolute Gasteiger partial charge is 0.341 e. The van der Waals surface area contributed by atoms with Crippen LogP contribution in [0.4, 0.5) is 0 Å². The highest BCUT2D eigenvalue weighted by Gasteiger charge is 2.47. The van der Waals surface area contributed by atoms with Crippen molar-refractivity contribution in [2.24, 2.45) is 0 Å².